The van der Waals surface area contributed by atoms with Crippen molar-refractivity contribution in [3.63, 3.8) is 0 Å². The second-order valence-corrected chi connectivity index (χ2v) is 15.7. The number of benzene rings is 6. The molecule has 8 atom stereocenters. The second kappa shape index (κ2) is 22.7. The van der Waals surface area contributed by atoms with E-state index >= 15 is 0 Å². The first kappa shape index (κ1) is 44.1. The summed E-state index contributed by atoms with van der Waals surface area (Å²) in [7, 11) is 0. The van der Waals surface area contributed by atoms with Crippen LogP contribution in [0.25, 0.3) is 0 Å². The van der Waals surface area contributed by atoms with E-state index < -0.39 is 48.5 Å². The molecule has 1 unspecified atom stereocenters. The van der Waals surface area contributed by atoms with Crippen LogP contribution in [0.3, 0.4) is 0 Å². The zero-order valence-electron chi connectivity index (χ0n) is 35.2. The van der Waals surface area contributed by atoms with Crippen LogP contribution < -0.4 is 0 Å². The highest BCUT2D eigenvalue weighted by molar-refractivity contribution is 5.25. The summed E-state index contributed by atoms with van der Waals surface area (Å²) in [6, 6.07) is 59.5. The molecule has 6 aromatic rings. The lowest BCUT2D eigenvalue weighted by atomic mass is 10.0. The Morgan fingerprint density at radius 2 is 0.762 bits per heavy atom. The van der Waals surface area contributed by atoms with Crippen molar-refractivity contribution in [1.29, 1.82) is 0 Å². The van der Waals surface area contributed by atoms with E-state index in [2.05, 4.69) is 11.8 Å². The molecule has 9 heteroatoms. The molecular weight excluding hydrogens is 793 g/mol. The summed E-state index contributed by atoms with van der Waals surface area (Å²) >= 11 is 0. The Bertz CT molecular complexity index is 2270. The number of rotatable bonds is 20. The Kier molecular flexibility index (Phi) is 15.9. The molecule has 0 saturated carbocycles. The standard InChI is InChI=1S/C54H54O9/c55-54(53(61-38-46-29-17-6-18-30-46)52(60-37-45-27-15-5-16-28-45)49(63-54)40-57-34-42-21-9-2-10-22-42)32-31-47-50(58-35-43-23-11-3-12-24-43)51(59-36-44-25-13-4-14-26-44)48(62-47)39-56-33-41-19-7-1-8-20-41/h1-30,47-53,55H,33-40H2/t47-,48-,49-,50-,51-,52-,53+,54?/m1/s1. The Morgan fingerprint density at radius 1 is 0.413 bits per heavy atom. The van der Waals surface area contributed by atoms with Crippen molar-refractivity contribution in [1.82, 2.24) is 0 Å². The molecule has 0 spiro atoms. The molecule has 0 aliphatic carbocycles. The Hall–Kier alpha value is -5.48. The topological polar surface area (TPSA) is 94.1 Å². The third-order valence-corrected chi connectivity index (χ3v) is 11.0. The fourth-order valence-corrected chi connectivity index (χ4v) is 7.75. The van der Waals surface area contributed by atoms with Crippen molar-refractivity contribution >= 4 is 0 Å². The summed E-state index contributed by atoms with van der Waals surface area (Å²) in [4.78, 5) is 0. The highest BCUT2D eigenvalue weighted by Gasteiger charge is 2.56. The van der Waals surface area contributed by atoms with Gasteiger partial charge in [-0.1, -0.05) is 188 Å². The van der Waals surface area contributed by atoms with Gasteiger partial charge in [-0.15, -0.1) is 0 Å². The molecule has 2 aliphatic heterocycles. The Morgan fingerprint density at radius 3 is 1.19 bits per heavy atom. The van der Waals surface area contributed by atoms with Crippen molar-refractivity contribution in [2.75, 3.05) is 13.2 Å². The van der Waals surface area contributed by atoms with E-state index in [-0.39, 0.29) is 33.0 Å². The first-order valence-electron chi connectivity index (χ1n) is 21.5. The lowest BCUT2D eigenvalue weighted by molar-refractivity contribution is -0.205. The normalized spacial score (nSPS) is 24.2. The molecular formula is C54H54O9. The van der Waals surface area contributed by atoms with E-state index in [9.17, 15) is 5.11 Å². The van der Waals surface area contributed by atoms with Crippen LogP contribution in [0, 0.1) is 11.8 Å². The van der Waals surface area contributed by atoms with Gasteiger partial charge in [-0.3, -0.25) is 0 Å². The first-order chi connectivity index (χ1) is 31.1. The molecule has 2 fully saturated rings. The highest BCUT2D eigenvalue weighted by Crippen LogP contribution is 2.36. The Balaban J connectivity index is 1.10. The average Bonchev–Trinajstić information content (AvgIpc) is 3.81. The molecule has 2 saturated heterocycles. The third-order valence-electron chi connectivity index (χ3n) is 11.0. The van der Waals surface area contributed by atoms with Crippen LogP contribution in [0.1, 0.15) is 33.4 Å². The van der Waals surface area contributed by atoms with E-state index in [1.54, 1.807) is 0 Å². The van der Waals surface area contributed by atoms with Gasteiger partial charge in [0.05, 0.1) is 52.9 Å². The quantitative estimate of drug-likeness (QED) is 0.0759. The number of hydrogen-bond donors (Lipinski definition) is 1. The molecule has 8 rings (SSSR count). The zero-order valence-corrected chi connectivity index (χ0v) is 35.2. The first-order valence-corrected chi connectivity index (χ1v) is 21.5. The molecule has 324 valence electrons. The van der Waals surface area contributed by atoms with Crippen LogP contribution in [0.2, 0.25) is 0 Å². The monoisotopic (exact) mass is 846 g/mol. The molecule has 0 radical (unpaired) electrons. The van der Waals surface area contributed by atoms with Crippen molar-refractivity contribution in [2.24, 2.45) is 0 Å². The van der Waals surface area contributed by atoms with Gasteiger partial charge in [0.1, 0.15) is 36.6 Å². The predicted octanol–water partition coefficient (Wildman–Crippen LogP) is 8.62. The summed E-state index contributed by atoms with van der Waals surface area (Å²) < 4.78 is 52.4. The maximum Gasteiger partial charge on any atom is 0.261 e. The van der Waals surface area contributed by atoms with E-state index in [0.29, 0.717) is 19.8 Å². The lowest BCUT2D eigenvalue weighted by Gasteiger charge is -2.27. The SMILES string of the molecule is OC1(C#C[C@H]2O[C@H](COCc3ccccc3)[C@@H](OCc3ccccc3)[C@@H]2OCc2ccccc2)O[C@H](COCc2ccccc2)[C@@H](OCc2ccccc2)[C@@H]1OCc1ccccc1. The van der Waals surface area contributed by atoms with E-state index in [4.69, 9.17) is 37.9 Å². The second-order valence-electron chi connectivity index (χ2n) is 15.7. The van der Waals surface area contributed by atoms with Crippen LogP contribution in [0.15, 0.2) is 182 Å². The van der Waals surface area contributed by atoms with Gasteiger partial charge in [0.25, 0.3) is 5.79 Å². The third kappa shape index (κ3) is 12.6. The van der Waals surface area contributed by atoms with Crippen LogP contribution in [-0.4, -0.2) is 66.8 Å². The largest absolute Gasteiger partial charge is 0.374 e. The molecule has 2 heterocycles. The van der Waals surface area contributed by atoms with E-state index in [1.165, 1.54) is 0 Å². The Labute approximate surface area is 370 Å². The smallest absolute Gasteiger partial charge is 0.261 e. The maximum atomic E-state index is 12.7. The number of hydrogen-bond acceptors (Lipinski definition) is 9. The maximum absolute atomic E-state index is 12.7. The van der Waals surface area contributed by atoms with Crippen molar-refractivity contribution in [3.05, 3.63) is 215 Å². The summed E-state index contributed by atoms with van der Waals surface area (Å²) in [5.41, 5.74) is 5.92. The molecule has 0 aromatic heterocycles. The minimum absolute atomic E-state index is 0.114. The average molecular weight is 847 g/mol. The summed E-state index contributed by atoms with van der Waals surface area (Å²) in [5, 5.41) is 12.7. The van der Waals surface area contributed by atoms with Gasteiger partial charge in [-0.05, 0) is 39.3 Å². The predicted molar refractivity (Wildman–Crippen MR) is 239 cm³/mol. The summed E-state index contributed by atoms with van der Waals surface area (Å²) in [5.74, 6) is 4.22. The molecule has 9 nitrogen and oxygen atoms in total. The van der Waals surface area contributed by atoms with Gasteiger partial charge >= 0.3 is 0 Å². The van der Waals surface area contributed by atoms with Gasteiger partial charge < -0.3 is 43.0 Å². The van der Waals surface area contributed by atoms with Crippen molar-refractivity contribution < 1.29 is 43.0 Å². The fourth-order valence-electron chi connectivity index (χ4n) is 7.75. The van der Waals surface area contributed by atoms with Crippen molar-refractivity contribution in [2.45, 2.75) is 88.2 Å². The van der Waals surface area contributed by atoms with Gasteiger partial charge in [0.2, 0.25) is 0 Å². The van der Waals surface area contributed by atoms with Gasteiger partial charge in [-0.2, -0.15) is 0 Å². The molecule has 0 amide bonds. The summed E-state index contributed by atoms with van der Waals surface area (Å²) in [6.07, 6.45) is -5.19. The zero-order chi connectivity index (χ0) is 42.9. The van der Waals surface area contributed by atoms with Crippen LogP contribution in [0.5, 0.6) is 0 Å². The van der Waals surface area contributed by atoms with Gasteiger partial charge in [-0.25, -0.2) is 0 Å². The fraction of sp³-hybridized carbons (Fsp3) is 0.296. The van der Waals surface area contributed by atoms with E-state index in [0.717, 1.165) is 33.4 Å². The van der Waals surface area contributed by atoms with Crippen LogP contribution >= 0.6 is 0 Å². The molecule has 0 bridgehead atoms. The van der Waals surface area contributed by atoms with Gasteiger partial charge in [0, 0.05) is 0 Å². The lowest BCUT2D eigenvalue weighted by Crippen LogP contribution is -2.45. The minimum Gasteiger partial charge on any atom is -0.374 e. The van der Waals surface area contributed by atoms with Gasteiger partial charge in [0.15, 0.2) is 6.10 Å². The molecule has 2 aliphatic rings. The molecule has 1 N–H and O–H groups in total. The molecule has 63 heavy (non-hydrogen) atoms. The van der Waals surface area contributed by atoms with Crippen molar-refractivity contribution in [3.8, 4) is 11.8 Å². The summed E-state index contributed by atoms with van der Waals surface area (Å²) in [6.45, 7) is 2.12. The highest BCUT2D eigenvalue weighted by atomic mass is 16.7. The van der Waals surface area contributed by atoms with E-state index in [1.807, 2.05) is 182 Å². The minimum atomic E-state index is -2.13. The molecule has 6 aromatic carbocycles. The van der Waals surface area contributed by atoms with Crippen LogP contribution in [-0.2, 0) is 77.5 Å². The van der Waals surface area contributed by atoms with Crippen LogP contribution in [0.4, 0.5) is 0 Å². The number of ether oxygens (including phenoxy) is 8. The number of aliphatic hydroxyl groups is 1.